The van der Waals surface area contributed by atoms with Gasteiger partial charge in [0.05, 0.1) is 5.92 Å². The second-order valence-corrected chi connectivity index (χ2v) is 6.40. The third-order valence-corrected chi connectivity index (χ3v) is 4.33. The third kappa shape index (κ3) is 6.32. The molecular weight excluding hydrogens is 288 g/mol. The first-order valence-corrected chi connectivity index (χ1v) is 8.82. The summed E-state index contributed by atoms with van der Waals surface area (Å²) in [5.74, 6) is 0.330. The number of ether oxygens (including phenoxy) is 1. The van der Waals surface area contributed by atoms with Crippen LogP contribution in [0.25, 0.3) is 0 Å². The summed E-state index contributed by atoms with van der Waals surface area (Å²) in [6.45, 7) is 9.18. The Morgan fingerprint density at radius 2 is 2.30 bits per heavy atom. The maximum absolute atomic E-state index is 12.3. The van der Waals surface area contributed by atoms with Gasteiger partial charge < -0.3 is 10.1 Å². The predicted octanol–water partition coefficient (Wildman–Crippen LogP) is 2.75. The van der Waals surface area contributed by atoms with Crippen molar-refractivity contribution in [3.8, 4) is 0 Å². The highest BCUT2D eigenvalue weighted by Gasteiger charge is 2.25. The van der Waals surface area contributed by atoms with Gasteiger partial charge >= 0.3 is 0 Å². The number of hydrogen-bond acceptors (Lipinski definition) is 3. The van der Waals surface area contributed by atoms with Gasteiger partial charge in [0, 0.05) is 32.8 Å². The van der Waals surface area contributed by atoms with Crippen molar-refractivity contribution in [1.29, 1.82) is 0 Å². The van der Waals surface area contributed by atoms with Crippen LogP contribution < -0.4 is 5.32 Å². The Morgan fingerprint density at radius 1 is 1.43 bits per heavy atom. The van der Waals surface area contributed by atoms with Gasteiger partial charge in [-0.1, -0.05) is 29.8 Å². The van der Waals surface area contributed by atoms with E-state index in [1.54, 1.807) is 0 Å². The number of hydrogen-bond donors (Lipinski definition) is 1. The normalized spacial score (nSPS) is 18.8. The van der Waals surface area contributed by atoms with E-state index in [2.05, 4.69) is 41.4 Å². The summed E-state index contributed by atoms with van der Waals surface area (Å²) in [5.41, 5.74) is 2.63. The summed E-state index contributed by atoms with van der Waals surface area (Å²) in [6, 6.07) is 8.64. The number of piperidine rings is 1. The van der Waals surface area contributed by atoms with Crippen molar-refractivity contribution in [3.05, 3.63) is 35.4 Å². The van der Waals surface area contributed by atoms with Crippen molar-refractivity contribution in [3.63, 3.8) is 0 Å². The van der Waals surface area contributed by atoms with Crippen molar-refractivity contribution in [2.45, 2.75) is 39.7 Å². The van der Waals surface area contributed by atoms with Crippen molar-refractivity contribution in [1.82, 2.24) is 10.2 Å². The van der Waals surface area contributed by atoms with Crippen LogP contribution in [-0.2, 0) is 16.1 Å². The van der Waals surface area contributed by atoms with Gasteiger partial charge in [0.15, 0.2) is 0 Å². The molecule has 1 amide bonds. The third-order valence-electron chi connectivity index (χ3n) is 4.33. The lowest BCUT2D eigenvalue weighted by molar-refractivity contribution is -0.126. The summed E-state index contributed by atoms with van der Waals surface area (Å²) >= 11 is 0. The zero-order valence-electron chi connectivity index (χ0n) is 14.5. The van der Waals surface area contributed by atoms with Crippen LogP contribution in [0.4, 0.5) is 0 Å². The number of carbonyl (C=O) groups excluding carboxylic acids is 1. The van der Waals surface area contributed by atoms with E-state index in [1.165, 1.54) is 11.1 Å². The number of rotatable bonds is 8. The Hall–Kier alpha value is -1.39. The van der Waals surface area contributed by atoms with Crippen LogP contribution in [0.5, 0.6) is 0 Å². The zero-order valence-corrected chi connectivity index (χ0v) is 14.5. The van der Waals surface area contributed by atoms with Gasteiger partial charge in [-0.25, -0.2) is 0 Å². The summed E-state index contributed by atoms with van der Waals surface area (Å²) in [6.07, 6.45) is 2.99. The molecular formula is C19H30N2O2. The Kier molecular flexibility index (Phi) is 7.56. The Morgan fingerprint density at radius 3 is 3.09 bits per heavy atom. The first-order valence-electron chi connectivity index (χ1n) is 8.82. The van der Waals surface area contributed by atoms with Gasteiger partial charge in [-0.05, 0) is 45.2 Å². The van der Waals surface area contributed by atoms with Gasteiger partial charge in [-0.3, -0.25) is 9.69 Å². The van der Waals surface area contributed by atoms with Crippen LogP contribution >= 0.6 is 0 Å². The smallest absolute Gasteiger partial charge is 0.224 e. The van der Waals surface area contributed by atoms with E-state index in [1.807, 2.05) is 6.92 Å². The minimum absolute atomic E-state index is 0.126. The molecule has 4 heteroatoms. The fourth-order valence-electron chi connectivity index (χ4n) is 3.16. The number of aryl methyl sites for hydroxylation is 1. The van der Waals surface area contributed by atoms with Crippen molar-refractivity contribution in [2.24, 2.45) is 5.92 Å². The lowest BCUT2D eigenvalue weighted by Gasteiger charge is -2.32. The Labute approximate surface area is 140 Å². The molecule has 1 aliphatic heterocycles. The molecule has 1 fully saturated rings. The van der Waals surface area contributed by atoms with Gasteiger partial charge in [0.1, 0.15) is 0 Å². The number of nitrogens with one attached hydrogen (secondary N) is 1. The predicted molar refractivity (Wildman–Crippen MR) is 93.3 cm³/mol. The van der Waals surface area contributed by atoms with E-state index < -0.39 is 0 Å². The van der Waals surface area contributed by atoms with E-state index in [4.69, 9.17) is 4.74 Å². The summed E-state index contributed by atoms with van der Waals surface area (Å²) in [7, 11) is 0. The van der Waals surface area contributed by atoms with Crippen LogP contribution in [0.1, 0.15) is 37.3 Å². The standard InChI is InChI=1S/C19H30N2O2/c1-3-23-12-6-10-20-19(22)18-9-5-11-21(15-18)14-17-8-4-7-16(2)13-17/h4,7-8,13,18H,3,5-6,9-12,14-15H2,1-2H3,(H,20,22). The van der Waals surface area contributed by atoms with Crippen LogP contribution in [0, 0.1) is 12.8 Å². The molecule has 1 heterocycles. The maximum Gasteiger partial charge on any atom is 0.224 e. The minimum atomic E-state index is 0.126. The molecule has 0 bridgehead atoms. The molecule has 23 heavy (non-hydrogen) atoms. The van der Waals surface area contributed by atoms with Crippen LogP contribution in [-0.4, -0.2) is 43.7 Å². The number of carbonyl (C=O) groups is 1. The quantitative estimate of drug-likeness (QED) is 0.749. The first-order chi connectivity index (χ1) is 11.2. The molecule has 1 unspecified atom stereocenters. The number of nitrogens with zero attached hydrogens (tertiary/aromatic N) is 1. The van der Waals surface area contributed by atoms with Crippen molar-refractivity contribution in [2.75, 3.05) is 32.8 Å². The largest absolute Gasteiger partial charge is 0.382 e. The molecule has 1 aliphatic rings. The summed E-state index contributed by atoms with van der Waals surface area (Å²) in [4.78, 5) is 14.7. The molecule has 0 radical (unpaired) electrons. The monoisotopic (exact) mass is 318 g/mol. The van der Waals surface area contributed by atoms with Gasteiger partial charge in [-0.2, -0.15) is 0 Å². The average molecular weight is 318 g/mol. The SMILES string of the molecule is CCOCCCNC(=O)C1CCCN(Cc2cccc(C)c2)C1. The minimum Gasteiger partial charge on any atom is -0.382 e. The fraction of sp³-hybridized carbons (Fsp3) is 0.632. The van der Waals surface area contributed by atoms with E-state index in [-0.39, 0.29) is 11.8 Å². The molecule has 1 aromatic carbocycles. The van der Waals surface area contributed by atoms with Crippen molar-refractivity contribution >= 4 is 5.91 Å². The first kappa shape index (κ1) is 18.0. The zero-order chi connectivity index (χ0) is 16.5. The second-order valence-electron chi connectivity index (χ2n) is 6.40. The fourth-order valence-corrected chi connectivity index (χ4v) is 3.16. The summed E-state index contributed by atoms with van der Waals surface area (Å²) < 4.78 is 5.29. The molecule has 1 atom stereocenters. The topological polar surface area (TPSA) is 41.6 Å². The highest BCUT2D eigenvalue weighted by atomic mass is 16.5. The van der Waals surface area contributed by atoms with E-state index >= 15 is 0 Å². The van der Waals surface area contributed by atoms with Crippen LogP contribution in [0.3, 0.4) is 0 Å². The van der Waals surface area contributed by atoms with Crippen LogP contribution in [0.15, 0.2) is 24.3 Å². The number of amides is 1. The van der Waals surface area contributed by atoms with E-state index in [0.29, 0.717) is 6.54 Å². The molecule has 1 saturated heterocycles. The van der Waals surface area contributed by atoms with Crippen molar-refractivity contribution < 1.29 is 9.53 Å². The number of likely N-dealkylation sites (tertiary alicyclic amines) is 1. The lowest BCUT2D eigenvalue weighted by atomic mass is 9.96. The van der Waals surface area contributed by atoms with Gasteiger partial charge in [-0.15, -0.1) is 0 Å². The van der Waals surface area contributed by atoms with E-state index in [0.717, 1.165) is 52.1 Å². The summed E-state index contributed by atoms with van der Waals surface area (Å²) in [5, 5.41) is 3.06. The molecule has 2 rings (SSSR count). The average Bonchev–Trinajstić information content (AvgIpc) is 2.55. The van der Waals surface area contributed by atoms with Gasteiger partial charge in [0.25, 0.3) is 0 Å². The Balaban J connectivity index is 1.75. The molecule has 1 N–H and O–H groups in total. The molecule has 0 aliphatic carbocycles. The molecule has 128 valence electrons. The lowest BCUT2D eigenvalue weighted by Crippen LogP contribution is -2.43. The van der Waals surface area contributed by atoms with Crippen LogP contribution in [0.2, 0.25) is 0 Å². The molecule has 1 aromatic rings. The highest BCUT2D eigenvalue weighted by molar-refractivity contribution is 5.78. The maximum atomic E-state index is 12.3. The molecule has 0 spiro atoms. The Bertz CT molecular complexity index is 490. The molecule has 0 saturated carbocycles. The number of benzene rings is 1. The van der Waals surface area contributed by atoms with Gasteiger partial charge in [0.2, 0.25) is 5.91 Å². The van der Waals surface area contributed by atoms with E-state index in [9.17, 15) is 4.79 Å². The highest BCUT2D eigenvalue weighted by Crippen LogP contribution is 2.19. The second kappa shape index (κ2) is 9.68. The molecule has 0 aromatic heterocycles. The molecule has 4 nitrogen and oxygen atoms in total.